The summed E-state index contributed by atoms with van der Waals surface area (Å²) in [6.45, 7) is 0.329. The van der Waals surface area contributed by atoms with Crippen LogP contribution in [0.2, 0.25) is 12.1 Å². The Morgan fingerprint density at radius 3 is 3.15 bits per heavy atom. The third-order valence-corrected chi connectivity index (χ3v) is 3.05. The molecule has 2 aliphatic rings. The minimum absolute atomic E-state index is 0.0107. The Bertz CT molecular complexity index is 276. The lowest BCUT2D eigenvalue weighted by Crippen LogP contribution is -2.38. The number of aliphatic hydroxyl groups excluding tert-OH is 1. The minimum atomic E-state index is -0.404. The van der Waals surface area contributed by atoms with Crippen molar-refractivity contribution in [3.8, 4) is 5.97 Å². The molecule has 2 fully saturated rings. The predicted octanol–water partition coefficient (Wildman–Crippen LogP) is -0.575. The van der Waals surface area contributed by atoms with Crippen molar-refractivity contribution in [3.63, 3.8) is 0 Å². The summed E-state index contributed by atoms with van der Waals surface area (Å²) in [6.07, 6.45) is 0.700. The van der Waals surface area contributed by atoms with Crippen LogP contribution in [0, 0.1) is 17.1 Å². The molecule has 0 aliphatic carbocycles. The van der Waals surface area contributed by atoms with Gasteiger partial charge in [0.1, 0.15) is 0 Å². The zero-order chi connectivity index (χ0) is 9.42. The number of carbonyl (C=O) groups excluding carboxylic acids is 1. The van der Waals surface area contributed by atoms with Gasteiger partial charge in [0.25, 0.3) is 6.71 Å². The van der Waals surface area contributed by atoms with E-state index in [-0.39, 0.29) is 24.4 Å². The molecule has 3 unspecified atom stereocenters. The van der Waals surface area contributed by atoms with Crippen molar-refractivity contribution in [2.24, 2.45) is 5.92 Å². The van der Waals surface area contributed by atoms with E-state index < -0.39 is 6.10 Å². The molecule has 0 spiro atoms. The van der Waals surface area contributed by atoms with Gasteiger partial charge in [-0.05, 0) is 18.7 Å². The van der Waals surface area contributed by atoms with Crippen LogP contribution in [-0.2, 0) is 4.79 Å². The number of hydrogen-bond donors (Lipinski definition) is 2. The third-order valence-electron chi connectivity index (χ3n) is 3.05. The number of nitrogens with one attached hydrogen (secondary N) is 1. The average Bonchev–Trinajstić information content (AvgIpc) is 2.46. The van der Waals surface area contributed by atoms with Crippen LogP contribution >= 0.6 is 0 Å². The second-order valence-corrected chi connectivity index (χ2v) is 3.89. The molecule has 68 valence electrons. The van der Waals surface area contributed by atoms with Gasteiger partial charge in [0, 0.05) is 24.4 Å². The summed E-state index contributed by atoms with van der Waals surface area (Å²) in [7, 11) is 0. The first-order valence-corrected chi connectivity index (χ1v) is 4.57. The van der Waals surface area contributed by atoms with E-state index in [1.165, 1.54) is 0 Å². The van der Waals surface area contributed by atoms with Gasteiger partial charge >= 0.3 is 0 Å². The van der Waals surface area contributed by atoms with Crippen LogP contribution in [0.5, 0.6) is 0 Å². The van der Waals surface area contributed by atoms with Crippen molar-refractivity contribution in [1.82, 2.24) is 5.32 Å². The van der Waals surface area contributed by atoms with Crippen LogP contribution in [0.3, 0.4) is 0 Å². The molecule has 0 saturated carbocycles. The van der Waals surface area contributed by atoms with Crippen molar-refractivity contribution < 1.29 is 9.90 Å². The van der Waals surface area contributed by atoms with Gasteiger partial charge in [-0.25, -0.2) is 5.26 Å². The molecule has 1 amide bonds. The predicted molar refractivity (Wildman–Crippen MR) is 47.0 cm³/mol. The highest BCUT2D eigenvalue weighted by molar-refractivity contribution is 6.72. The molecule has 0 aromatic carbocycles. The van der Waals surface area contributed by atoms with E-state index in [4.69, 9.17) is 5.26 Å². The molecular formula is C8H11BN2O2. The highest BCUT2D eigenvalue weighted by atomic mass is 16.3. The minimum Gasteiger partial charge on any atom is -0.394 e. The Hall–Kier alpha value is -1.02. The van der Waals surface area contributed by atoms with Crippen LogP contribution in [0.15, 0.2) is 0 Å². The molecule has 5 heteroatoms. The van der Waals surface area contributed by atoms with Crippen molar-refractivity contribution >= 4 is 12.6 Å². The maximum absolute atomic E-state index is 11.3. The van der Waals surface area contributed by atoms with E-state index in [0.29, 0.717) is 19.3 Å². The molecule has 4 nitrogen and oxygen atoms in total. The van der Waals surface area contributed by atoms with Gasteiger partial charge in [0.2, 0.25) is 5.91 Å². The molecule has 2 N–H and O–H groups in total. The number of aliphatic hydroxyl groups is 1. The zero-order valence-corrected chi connectivity index (χ0v) is 7.23. The van der Waals surface area contributed by atoms with Gasteiger partial charge in [-0.3, -0.25) is 4.79 Å². The lowest BCUT2D eigenvalue weighted by atomic mass is 9.34. The molecular weight excluding hydrogens is 167 g/mol. The summed E-state index contributed by atoms with van der Waals surface area (Å²) in [5.41, 5.74) is 0. The SMILES string of the molecule is N#CB1CC(O)CC2CNC(=O)C12. The van der Waals surface area contributed by atoms with E-state index in [1.54, 1.807) is 0 Å². The fourth-order valence-corrected chi connectivity index (χ4v) is 2.45. The van der Waals surface area contributed by atoms with Gasteiger partial charge < -0.3 is 10.4 Å². The van der Waals surface area contributed by atoms with Crippen molar-refractivity contribution in [1.29, 1.82) is 5.26 Å². The van der Waals surface area contributed by atoms with E-state index in [9.17, 15) is 9.90 Å². The second-order valence-electron chi connectivity index (χ2n) is 3.89. The molecule has 2 aliphatic heterocycles. The van der Waals surface area contributed by atoms with Gasteiger partial charge in [-0.2, -0.15) is 0 Å². The maximum atomic E-state index is 11.3. The number of nitriles is 1. The number of fused-ring (bicyclic) bond motifs is 1. The first kappa shape index (κ1) is 8.58. The van der Waals surface area contributed by atoms with Crippen LogP contribution in [0.4, 0.5) is 0 Å². The van der Waals surface area contributed by atoms with Crippen molar-refractivity contribution in [2.75, 3.05) is 6.54 Å². The highest BCUT2D eigenvalue weighted by Crippen LogP contribution is 2.37. The van der Waals surface area contributed by atoms with Gasteiger partial charge in [-0.1, -0.05) is 0 Å². The maximum Gasteiger partial charge on any atom is 0.283 e. The molecule has 0 radical (unpaired) electrons. The van der Waals surface area contributed by atoms with Gasteiger partial charge in [0.15, 0.2) is 0 Å². The molecule has 2 rings (SSSR count). The van der Waals surface area contributed by atoms with E-state index >= 15 is 0 Å². The summed E-state index contributed by atoms with van der Waals surface area (Å²) in [4.78, 5) is 11.3. The molecule has 2 saturated heterocycles. The number of carbonyl (C=O) groups is 1. The molecule has 13 heavy (non-hydrogen) atoms. The molecule has 3 atom stereocenters. The Morgan fingerprint density at radius 2 is 2.46 bits per heavy atom. The Balaban J connectivity index is 2.20. The fraction of sp³-hybridized carbons (Fsp3) is 0.750. The number of amides is 1. The normalized spacial score (nSPS) is 38.0. The number of rotatable bonds is 0. The molecule has 2 heterocycles. The van der Waals surface area contributed by atoms with E-state index in [2.05, 4.69) is 11.3 Å². The van der Waals surface area contributed by atoms with Crippen molar-refractivity contribution in [2.45, 2.75) is 24.7 Å². The van der Waals surface area contributed by atoms with Crippen LogP contribution in [0.25, 0.3) is 0 Å². The quantitative estimate of drug-likeness (QED) is 0.487. The van der Waals surface area contributed by atoms with Crippen LogP contribution in [-0.4, -0.2) is 30.4 Å². The first-order valence-electron chi connectivity index (χ1n) is 4.57. The van der Waals surface area contributed by atoms with Crippen LogP contribution < -0.4 is 5.32 Å². The monoisotopic (exact) mass is 178 g/mol. The first-order chi connectivity index (χ1) is 6.22. The van der Waals surface area contributed by atoms with E-state index in [0.717, 1.165) is 0 Å². The lowest BCUT2D eigenvalue weighted by molar-refractivity contribution is -0.119. The summed E-state index contributed by atoms with van der Waals surface area (Å²) < 4.78 is 0. The summed E-state index contributed by atoms with van der Waals surface area (Å²) in [5, 5.41) is 21.0. The Morgan fingerprint density at radius 1 is 1.69 bits per heavy atom. The highest BCUT2D eigenvalue weighted by Gasteiger charge is 2.47. The third kappa shape index (κ3) is 1.31. The topological polar surface area (TPSA) is 73.1 Å². The largest absolute Gasteiger partial charge is 0.394 e. The summed E-state index contributed by atoms with van der Waals surface area (Å²) >= 11 is 0. The zero-order valence-electron chi connectivity index (χ0n) is 7.23. The summed E-state index contributed by atoms with van der Waals surface area (Å²) in [5.74, 6) is 2.10. The van der Waals surface area contributed by atoms with Gasteiger partial charge in [-0.15, -0.1) is 0 Å². The Kier molecular flexibility index (Phi) is 2.00. The molecule has 0 bridgehead atoms. The summed E-state index contributed by atoms with van der Waals surface area (Å²) in [6, 6.07) is 0. The van der Waals surface area contributed by atoms with Crippen LogP contribution in [0.1, 0.15) is 6.42 Å². The molecule has 0 aromatic heterocycles. The second kappa shape index (κ2) is 3.04. The standard InChI is InChI=1S/C8H11BN2O2/c10-4-9-2-6(12)1-5-3-11-8(13)7(5)9/h5-7,12H,1-3H2,(H,11,13). The lowest BCUT2D eigenvalue weighted by Gasteiger charge is -2.28. The van der Waals surface area contributed by atoms with Crippen molar-refractivity contribution in [3.05, 3.63) is 0 Å². The van der Waals surface area contributed by atoms with E-state index in [1.807, 2.05) is 0 Å². The number of nitrogens with zero attached hydrogens (tertiary/aromatic N) is 1. The number of hydrogen-bond acceptors (Lipinski definition) is 3. The Labute approximate surface area is 77.0 Å². The average molecular weight is 178 g/mol. The fourth-order valence-electron chi connectivity index (χ4n) is 2.45. The molecule has 0 aromatic rings. The van der Waals surface area contributed by atoms with Gasteiger partial charge in [0.05, 0.1) is 0 Å². The smallest absolute Gasteiger partial charge is 0.283 e.